The summed E-state index contributed by atoms with van der Waals surface area (Å²) in [6.45, 7) is 2.07. The number of rotatable bonds is 7. The smallest absolute Gasteiger partial charge is 0.338 e. The molecule has 0 radical (unpaired) electrons. The molecule has 0 saturated heterocycles. The van der Waals surface area contributed by atoms with E-state index in [0.717, 1.165) is 44.3 Å². The van der Waals surface area contributed by atoms with Crippen LogP contribution < -0.4 is 20.9 Å². The second-order valence-corrected chi connectivity index (χ2v) is 9.49. The van der Waals surface area contributed by atoms with E-state index in [4.69, 9.17) is 14.7 Å². The number of amides is 2. The number of nitrogens with one attached hydrogen (secondary N) is 3. The van der Waals surface area contributed by atoms with Crippen LogP contribution in [0.4, 0.5) is 22.2 Å². The molecule has 0 unspecified atom stereocenters. The fraction of sp³-hybridized carbons (Fsp3) is 0.538. The number of benzene rings is 1. The minimum atomic E-state index is -0.400. The number of ether oxygens (including phenoxy) is 1. The molecule has 9 heteroatoms. The molecule has 188 valence electrons. The molecule has 1 fully saturated rings. The summed E-state index contributed by atoms with van der Waals surface area (Å²) in [5, 5.41) is 9.43. The van der Waals surface area contributed by atoms with Gasteiger partial charge in [-0.2, -0.15) is 4.98 Å². The zero-order valence-electron chi connectivity index (χ0n) is 20.9. The quantitative estimate of drug-likeness (QED) is 0.511. The summed E-state index contributed by atoms with van der Waals surface area (Å²) in [5.41, 5.74) is 3.44. The van der Waals surface area contributed by atoms with Gasteiger partial charge in [0.15, 0.2) is 0 Å². The average Bonchev–Trinajstić information content (AvgIpc) is 2.85. The van der Waals surface area contributed by atoms with Crippen molar-refractivity contribution < 1.29 is 14.3 Å². The van der Waals surface area contributed by atoms with Gasteiger partial charge in [-0.25, -0.2) is 14.6 Å². The van der Waals surface area contributed by atoms with Crippen LogP contribution in [-0.2, 0) is 17.6 Å². The fourth-order valence-electron chi connectivity index (χ4n) is 4.86. The third-order valence-corrected chi connectivity index (χ3v) is 6.61. The van der Waals surface area contributed by atoms with Gasteiger partial charge in [-0.1, -0.05) is 6.07 Å². The maximum absolute atomic E-state index is 12.5. The average molecular weight is 481 g/mol. The monoisotopic (exact) mass is 480 g/mol. The molecule has 9 nitrogen and oxygen atoms in total. The first-order valence-corrected chi connectivity index (χ1v) is 12.6. The minimum Gasteiger partial charge on any atom is -0.462 e. The zero-order chi connectivity index (χ0) is 24.8. The van der Waals surface area contributed by atoms with Crippen LogP contribution in [-0.4, -0.2) is 54.8 Å². The molecule has 0 bridgehead atoms. The largest absolute Gasteiger partial charge is 0.462 e. The number of hydrogen-bond donors (Lipinski definition) is 3. The third-order valence-electron chi connectivity index (χ3n) is 6.61. The van der Waals surface area contributed by atoms with E-state index in [-0.39, 0.29) is 18.1 Å². The summed E-state index contributed by atoms with van der Waals surface area (Å²) in [4.78, 5) is 36.2. The first-order chi connectivity index (χ1) is 16.9. The van der Waals surface area contributed by atoms with E-state index in [0.29, 0.717) is 23.8 Å². The van der Waals surface area contributed by atoms with Crippen molar-refractivity contribution in [2.45, 2.75) is 70.4 Å². The van der Waals surface area contributed by atoms with Gasteiger partial charge in [0, 0.05) is 37.4 Å². The number of urea groups is 1. The van der Waals surface area contributed by atoms with Crippen LogP contribution in [0.2, 0.25) is 0 Å². The highest BCUT2D eigenvalue weighted by Crippen LogP contribution is 2.29. The number of carbonyl (C=O) groups is 2. The molecule has 1 aromatic carbocycles. The number of nitrogens with zero attached hydrogens (tertiary/aromatic N) is 3. The first-order valence-electron chi connectivity index (χ1n) is 12.6. The molecule has 2 aromatic rings. The van der Waals surface area contributed by atoms with Crippen LogP contribution in [0.5, 0.6) is 0 Å². The number of anilines is 3. The van der Waals surface area contributed by atoms with E-state index in [2.05, 4.69) is 20.9 Å². The van der Waals surface area contributed by atoms with Crippen molar-refractivity contribution in [2.75, 3.05) is 36.2 Å². The second-order valence-electron chi connectivity index (χ2n) is 9.49. The topological polar surface area (TPSA) is 108 Å². The van der Waals surface area contributed by atoms with E-state index in [1.54, 1.807) is 31.2 Å². The van der Waals surface area contributed by atoms with Crippen molar-refractivity contribution in [3.8, 4) is 0 Å². The van der Waals surface area contributed by atoms with Gasteiger partial charge in [0.05, 0.1) is 17.9 Å². The number of aromatic nitrogens is 2. The summed E-state index contributed by atoms with van der Waals surface area (Å²) in [6.07, 6.45) is 8.06. The lowest BCUT2D eigenvalue weighted by Crippen LogP contribution is -2.42. The highest BCUT2D eigenvalue weighted by molar-refractivity contribution is 5.94. The standard InChI is InChI=1S/C26H36N6O3/c1-4-35-24(33)17-8-7-9-20(16-17)29-26(34)28-19-14-12-18(13-15-19)27-25-30-22-11-6-5-10-21(22)23(31-25)32(2)3/h7-9,16,18-19H,4-6,10-15H2,1-3H3,(H,27,30,31)(H2,28,29,34)/t18-,19+. The Hall–Kier alpha value is -3.36. The molecule has 3 N–H and O–H groups in total. The highest BCUT2D eigenvalue weighted by Gasteiger charge is 2.25. The predicted octanol–water partition coefficient (Wildman–Crippen LogP) is 4.14. The van der Waals surface area contributed by atoms with Gasteiger partial charge in [-0.15, -0.1) is 0 Å². The molecule has 1 aromatic heterocycles. The van der Waals surface area contributed by atoms with Crippen LogP contribution in [0.15, 0.2) is 24.3 Å². The molecule has 2 amide bonds. The number of hydrogen-bond acceptors (Lipinski definition) is 7. The minimum absolute atomic E-state index is 0.100. The second kappa shape index (κ2) is 11.4. The van der Waals surface area contributed by atoms with Crippen LogP contribution in [0.1, 0.15) is 67.1 Å². The number of esters is 1. The normalized spacial score (nSPS) is 19.3. The van der Waals surface area contributed by atoms with E-state index in [1.807, 2.05) is 14.1 Å². The molecule has 2 aliphatic rings. The number of carbonyl (C=O) groups excluding carboxylic acids is 2. The number of fused-ring (bicyclic) bond motifs is 1. The Balaban J connectivity index is 1.28. The van der Waals surface area contributed by atoms with Gasteiger partial charge >= 0.3 is 12.0 Å². The Kier molecular flexibility index (Phi) is 8.05. The molecule has 0 aliphatic heterocycles. The lowest BCUT2D eigenvalue weighted by Gasteiger charge is -2.30. The maximum atomic E-state index is 12.5. The Morgan fingerprint density at radius 2 is 1.80 bits per heavy atom. The van der Waals surface area contributed by atoms with Crippen LogP contribution in [0.3, 0.4) is 0 Å². The van der Waals surface area contributed by atoms with E-state index in [1.165, 1.54) is 24.1 Å². The number of aryl methyl sites for hydroxylation is 1. The van der Waals surface area contributed by atoms with Crippen LogP contribution >= 0.6 is 0 Å². The maximum Gasteiger partial charge on any atom is 0.338 e. The lowest BCUT2D eigenvalue weighted by molar-refractivity contribution is 0.0526. The molecule has 35 heavy (non-hydrogen) atoms. The van der Waals surface area contributed by atoms with Crippen molar-refractivity contribution in [3.05, 3.63) is 41.1 Å². The van der Waals surface area contributed by atoms with Crippen molar-refractivity contribution in [3.63, 3.8) is 0 Å². The van der Waals surface area contributed by atoms with Gasteiger partial charge in [0.1, 0.15) is 5.82 Å². The molecular formula is C26H36N6O3. The van der Waals surface area contributed by atoms with E-state index < -0.39 is 5.97 Å². The Morgan fingerprint density at radius 3 is 2.54 bits per heavy atom. The van der Waals surface area contributed by atoms with Gasteiger partial charge in [0.2, 0.25) is 5.95 Å². The zero-order valence-corrected chi connectivity index (χ0v) is 20.9. The molecule has 0 atom stereocenters. The molecule has 1 heterocycles. The summed E-state index contributed by atoms with van der Waals surface area (Å²) >= 11 is 0. The summed E-state index contributed by atoms with van der Waals surface area (Å²) in [6, 6.07) is 6.89. The fourth-order valence-corrected chi connectivity index (χ4v) is 4.86. The highest BCUT2D eigenvalue weighted by atomic mass is 16.5. The molecule has 2 aliphatic carbocycles. The Bertz CT molecular complexity index is 1050. The van der Waals surface area contributed by atoms with Gasteiger partial charge in [-0.05, 0) is 76.5 Å². The summed E-state index contributed by atoms with van der Waals surface area (Å²) < 4.78 is 5.02. The first kappa shape index (κ1) is 24.8. The predicted molar refractivity (Wildman–Crippen MR) is 137 cm³/mol. The lowest BCUT2D eigenvalue weighted by atomic mass is 9.91. The van der Waals surface area contributed by atoms with Gasteiger partial charge < -0.3 is 25.6 Å². The molecule has 4 rings (SSSR count). The van der Waals surface area contributed by atoms with Crippen molar-refractivity contribution >= 4 is 29.5 Å². The van der Waals surface area contributed by atoms with Gasteiger partial charge in [0.25, 0.3) is 0 Å². The Labute approximate surface area is 207 Å². The third kappa shape index (κ3) is 6.41. The SMILES string of the molecule is CCOC(=O)c1cccc(NC(=O)N[C@H]2CC[C@@H](Nc3nc4c(c(N(C)C)n3)CCCC4)CC2)c1. The van der Waals surface area contributed by atoms with E-state index in [9.17, 15) is 9.59 Å². The van der Waals surface area contributed by atoms with Crippen molar-refractivity contribution in [1.29, 1.82) is 0 Å². The van der Waals surface area contributed by atoms with Gasteiger partial charge in [-0.3, -0.25) is 0 Å². The van der Waals surface area contributed by atoms with E-state index >= 15 is 0 Å². The molecule has 1 saturated carbocycles. The van der Waals surface area contributed by atoms with Crippen molar-refractivity contribution in [2.24, 2.45) is 0 Å². The molecular weight excluding hydrogens is 444 g/mol. The summed E-state index contributed by atoms with van der Waals surface area (Å²) in [5.74, 6) is 1.34. The Morgan fingerprint density at radius 1 is 1.06 bits per heavy atom. The summed E-state index contributed by atoms with van der Waals surface area (Å²) in [7, 11) is 4.08. The van der Waals surface area contributed by atoms with Crippen molar-refractivity contribution in [1.82, 2.24) is 15.3 Å². The molecule has 0 spiro atoms. The van der Waals surface area contributed by atoms with Crippen LogP contribution in [0, 0.1) is 0 Å². The van der Waals surface area contributed by atoms with Crippen LogP contribution in [0.25, 0.3) is 0 Å².